The molecular weight excluding hydrogens is 594 g/mol. The molecule has 0 fully saturated rings. The van der Waals surface area contributed by atoms with Crippen molar-refractivity contribution in [2.24, 2.45) is 5.73 Å². The molecule has 5 N–H and O–H groups in total. The van der Waals surface area contributed by atoms with Crippen LogP contribution in [0.5, 0.6) is 0 Å². The van der Waals surface area contributed by atoms with Crippen LogP contribution in [0.15, 0.2) is 70.5 Å². The maximum Gasteiger partial charge on any atom is 0.416 e. The van der Waals surface area contributed by atoms with Crippen LogP contribution >= 0.6 is 11.8 Å². The number of imidazole rings is 1. The molecule has 1 heterocycles. The summed E-state index contributed by atoms with van der Waals surface area (Å²) < 4.78 is 84.1. The highest BCUT2D eigenvalue weighted by molar-refractivity contribution is 7.99. The first-order valence-corrected chi connectivity index (χ1v) is 13.7. The first-order chi connectivity index (χ1) is 19.0. The fourth-order valence-electron chi connectivity index (χ4n) is 3.30. The molecular formula is C24H21F4N5O6S2. The van der Waals surface area contributed by atoms with Gasteiger partial charge in [-0.3, -0.25) is 14.8 Å². The van der Waals surface area contributed by atoms with E-state index in [-0.39, 0.29) is 11.6 Å². The highest BCUT2D eigenvalue weighted by atomic mass is 32.2. The fourth-order valence-corrected chi connectivity index (χ4v) is 4.15. The molecule has 1 aromatic heterocycles. The lowest BCUT2D eigenvalue weighted by Gasteiger charge is -2.22. The molecule has 0 saturated heterocycles. The molecule has 0 aliphatic carbocycles. The molecule has 11 nitrogen and oxygen atoms in total. The normalized spacial score (nSPS) is 11.4. The van der Waals surface area contributed by atoms with Gasteiger partial charge in [-0.1, -0.05) is 11.8 Å². The molecule has 0 aliphatic heterocycles. The Labute approximate surface area is 234 Å². The highest BCUT2D eigenvalue weighted by Crippen LogP contribution is 2.37. The standard InChI is InChI=1S/C23H17F4N5O3S.CH4O3S/c1-35-22(34)31-21-29-17-9-7-15(11-18(17)30-21)36-14-5-3-13(4-6-14)32(20(28)33)19-10-12(23(25,26)27)2-8-16(19)24;1-5(2,3)4/h2-11H,1H3,(H2,28,33)(H2,29,30,31,34);1H3,(H,2,3,4). The number of nitrogens with zero attached hydrogens (tertiary/aromatic N) is 2. The maximum absolute atomic E-state index is 14.4. The number of aromatic amines is 1. The number of anilines is 3. The van der Waals surface area contributed by atoms with Crippen molar-refractivity contribution in [1.82, 2.24) is 9.97 Å². The second-order valence-corrected chi connectivity index (χ2v) is 10.7. The molecule has 0 unspecified atom stereocenters. The van der Waals surface area contributed by atoms with E-state index in [2.05, 4.69) is 20.0 Å². The van der Waals surface area contributed by atoms with Crippen molar-refractivity contribution in [3.8, 4) is 0 Å². The first kappa shape index (κ1) is 31.2. The van der Waals surface area contributed by atoms with Crippen LogP contribution in [0.2, 0.25) is 0 Å². The Balaban J connectivity index is 0.000000850. The van der Waals surface area contributed by atoms with E-state index in [4.69, 9.17) is 10.3 Å². The molecule has 4 aromatic rings. The van der Waals surface area contributed by atoms with Gasteiger partial charge in [-0.2, -0.15) is 21.6 Å². The van der Waals surface area contributed by atoms with E-state index in [0.717, 1.165) is 9.79 Å². The van der Waals surface area contributed by atoms with Crippen LogP contribution in [0.1, 0.15) is 5.56 Å². The number of hydrogen-bond donors (Lipinski definition) is 4. The zero-order chi connectivity index (χ0) is 30.5. The molecule has 0 aliphatic rings. The second kappa shape index (κ2) is 12.4. The van der Waals surface area contributed by atoms with Crippen LogP contribution in [-0.2, 0) is 21.0 Å². The molecule has 3 aromatic carbocycles. The van der Waals surface area contributed by atoms with Crippen molar-refractivity contribution >= 4 is 62.4 Å². The van der Waals surface area contributed by atoms with Gasteiger partial charge in [0.2, 0.25) is 5.95 Å². The Morgan fingerprint density at radius 2 is 1.68 bits per heavy atom. The number of amides is 3. The number of halogens is 4. The molecule has 0 bridgehead atoms. The number of alkyl halides is 3. The predicted octanol–water partition coefficient (Wildman–Crippen LogP) is 5.77. The number of fused-ring (bicyclic) bond motifs is 1. The Morgan fingerprint density at radius 1 is 1.07 bits per heavy atom. The molecule has 0 saturated carbocycles. The van der Waals surface area contributed by atoms with Gasteiger partial charge in [0.15, 0.2) is 0 Å². The molecule has 0 spiro atoms. The number of benzene rings is 3. The third kappa shape index (κ3) is 8.82. The van der Waals surface area contributed by atoms with Crippen molar-refractivity contribution in [3.05, 3.63) is 72.0 Å². The quantitative estimate of drug-likeness (QED) is 0.162. The molecule has 218 valence electrons. The van der Waals surface area contributed by atoms with Crippen molar-refractivity contribution in [1.29, 1.82) is 0 Å². The number of methoxy groups -OCH3 is 1. The Morgan fingerprint density at radius 3 is 2.24 bits per heavy atom. The number of primary amides is 1. The third-order valence-electron chi connectivity index (χ3n) is 4.93. The average Bonchev–Trinajstić information content (AvgIpc) is 3.25. The van der Waals surface area contributed by atoms with Gasteiger partial charge in [0, 0.05) is 9.79 Å². The first-order valence-electron chi connectivity index (χ1n) is 11.1. The summed E-state index contributed by atoms with van der Waals surface area (Å²) in [5.74, 6) is -0.815. The summed E-state index contributed by atoms with van der Waals surface area (Å²) in [5, 5.41) is 2.44. The SMILES string of the molecule is COC(=O)Nc1nc2cc(Sc3ccc(N(C(N)=O)c4cc(C(F)(F)F)ccc4F)cc3)ccc2[nH]1.CS(=O)(=O)O. The lowest BCUT2D eigenvalue weighted by atomic mass is 10.1. The summed E-state index contributed by atoms with van der Waals surface area (Å²) >= 11 is 1.34. The van der Waals surface area contributed by atoms with Crippen LogP contribution in [0.25, 0.3) is 11.0 Å². The lowest BCUT2D eigenvalue weighted by Crippen LogP contribution is -2.32. The second-order valence-electron chi connectivity index (χ2n) is 8.05. The van der Waals surface area contributed by atoms with E-state index in [0.29, 0.717) is 40.4 Å². The Bertz CT molecular complexity index is 1670. The minimum Gasteiger partial charge on any atom is -0.453 e. The predicted molar refractivity (Wildman–Crippen MR) is 143 cm³/mol. The number of ether oxygens (including phenoxy) is 1. The number of aromatic nitrogens is 2. The Kier molecular flexibility index (Phi) is 9.46. The van der Waals surface area contributed by atoms with Crippen molar-refractivity contribution in [2.75, 3.05) is 23.6 Å². The van der Waals surface area contributed by atoms with Gasteiger partial charge >= 0.3 is 18.3 Å². The van der Waals surface area contributed by atoms with Crippen LogP contribution in [0, 0.1) is 5.82 Å². The maximum atomic E-state index is 14.4. The molecule has 0 atom stereocenters. The number of carbonyl (C=O) groups excluding carboxylic acids is 2. The topological polar surface area (TPSA) is 168 Å². The van der Waals surface area contributed by atoms with Crippen LogP contribution in [0.3, 0.4) is 0 Å². The summed E-state index contributed by atoms with van der Waals surface area (Å²) in [6.45, 7) is 0. The number of nitrogens with two attached hydrogens (primary N) is 1. The van der Waals surface area contributed by atoms with Gasteiger partial charge in [0.05, 0.1) is 41.3 Å². The minimum atomic E-state index is -4.72. The number of H-pyrrole nitrogens is 1. The summed E-state index contributed by atoms with van der Waals surface area (Å²) in [4.78, 5) is 32.8. The van der Waals surface area contributed by atoms with E-state index < -0.39 is 45.5 Å². The number of nitrogens with one attached hydrogen (secondary N) is 2. The van der Waals surface area contributed by atoms with E-state index >= 15 is 0 Å². The van der Waals surface area contributed by atoms with E-state index in [1.165, 1.54) is 31.0 Å². The van der Waals surface area contributed by atoms with Crippen molar-refractivity contribution < 1.29 is 44.9 Å². The van der Waals surface area contributed by atoms with Crippen LogP contribution < -0.4 is 16.0 Å². The zero-order valence-corrected chi connectivity index (χ0v) is 22.7. The zero-order valence-electron chi connectivity index (χ0n) is 21.1. The number of urea groups is 1. The summed E-state index contributed by atoms with van der Waals surface area (Å²) in [5.41, 5.74) is 5.00. The third-order valence-corrected chi connectivity index (χ3v) is 5.92. The molecule has 41 heavy (non-hydrogen) atoms. The van der Waals surface area contributed by atoms with E-state index in [1.807, 2.05) is 6.07 Å². The summed E-state index contributed by atoms with van der Waals surface area (Å²) in [6.07, 6.45) is -4.68. The van der Waals surface area contributed by atoms with Crippen LogP contribution in [0.4, 0.5) is 44.5 Å². The van der Waals surface area contributed by atoms with Gasteiger partial charge < -0.3 is 15.5 Å². The summed E-state index contributed by atoms with van der Waals surface area (Å²) in [6, 6.07) is 12.1. The van der Waals surface area contributed by atoms with Crippen molar-refractivity contribution in [2.45, 2.75) is 16.0 Å². The average molecular weight is 616 g/mol. The molecule has 3 amide bonds. The largest absolute Gasteiger partial charge is 0.453 e. The number of rotatable bonds is 5. The smallest absolute Gasteiger partial charge is 0.416 e. The van der Waals surface area contributed by atoms with Gasteiger partial charge in [-0.25, -0.2) is 19.0 Å². The molecule has 17 heteroatoms. The number of carbonyl (C=O) groups is 2. The van der Waals surface area contributed by atoms with Gasteiger partial charge in [0.1, 0.15) is 5.82 Å². The highest BCUT2D eigenvalue weighted by Gasteiger charge is 2.32. The van der Waals surface area contributed by atoms with Crippen molar-refractivity contribution in [3.63, 3.8) is 0 Å². The lowest BCUT2D eigenvalue weighted by molar-refractivity contribution is -0.137. The van der Waals surface area contributed by atoms with E-state index in [9.17, 15) is 35.6 Å². The van der Waals surface area contributed by atoms with Gasteiger partial charge in [-0.05, 0) is 60.7 Å². The molecule has 0 radical (unpaired) electrons. The Hall–Kier alpha value is -4.35. The van der Waals surface area contributed by atoms with Gasteiger partial charge in [-0.15, -0.1) is 0 Å². The minimum absolute atomic E-state index is 0.0892. The fraction of sp³-hybridized carbons (Fsp3) is 0.125. The van der Waals surface area contributed by atoms with E-state index in [1.54, 1.807) is 24.3 Å². The van der Waals surface area contributed by atoms with Gasteiger partial charge in [0.25, 0.3) is 10.1 Å². The van der Waals surface area contributed by atoms with Crippen LogP contribution in [-0.4, -0.2) is 48.4 Å². The monoisotopic (exact) mass is 615 g/mol. The molecule has 4 rings (SSSR count). The number of hydrogen-bond acceptors (Lipinski definition) is 7. The summed E-state index contributed by atoms with van der Waals surface area (Å²) in [7, 11) is -2.43.